The normalized spacial score (nSPS) is 13.1. The minimum atomic E-state index is -3.56. The minimum Gasteiger partial charge on any atom is -0.453 e. The molecule has 1 amide bonds. The van der Waals surface area contributed by atoms with Gasteiger partial charge in [0, 0.05) is 27.1 Å². The van der Waals surface area contributed by atoms with Gasteiger partial charge in [-0.25, -0.2) is 17.7 Å². The third-order valence-corrected chi connectivity index (χ3v) is 5.97. The first-order chi connectivity index (χ1) is 12.6. The highest BCUT2D eigenvalue weighted by molar-refractivity contribution is 7.89. The van der Waals surface area contributed by atoms with Gasteiger partial charge >= 0.3 is 5.97 Å². The Balaban J connectivity index is 2.27. The van der Waals surface area contributed by atoms with Crippen LogP contribution in [0.1, 0.15) is 26.1 Å². The Bertz CT molecular complexity index is 965. The first kappa shape index (κ1) is 20.8. The lowest BCUT2D eigenvalue weighted by Crippen LogP contribution is -2.30. The summed E-state index contributed by atoms with van der Waals surface area (Å²) in [5.74, 6) is -0.624. The molecule has 2 aromatic rings. The third-order valence-electron chi connectivity index (χ3n) is 4.16. The molecule has 10 heteroatoms. The van der Waals surface area contributed by atoms with E-state index in [-0.39, 0.29) is 11.3 Å². The number of sulfonamides is 1. The molecule has 0 bridgehead atoms. The van der Waals surface area contributed by atoms with Crippen LogP contribution in [0.2, 0.25) is 0 Å². The maximum Gasteiger partial charge on any atom is 0.307 e. The highest BCUT2D eigenvalue weighted by Crippen LogP contribution is 2.22. The zero-order valence-corrected chi connectivity index (χ0v) is 16.6. The van der Waals surface area contributed by atoms with Crippen LogP contribution in [0.4, 0.5) is 0 Å². The van der Waals surface area contributed by atoms with Crippen LogP contribution in [0.5, 0.6) is 0 Å². The fraction of sp³-hybridized carbons (Fsp3) is 0.471. The summed E-state index contributed by atoms with van der Waals surface area (Å²) in [5, 5.41) is 0. The van der Waals surface area contributed by atoms with Crippen LogP contribution in [0.3, 0.4) is 0 Å². The summed E-state index contributed by atoms with van der Waals surface area (Å²) in [7, 11) is -0.627. The number of nitrogens with two attached hydrogens (primary N) is 1. The van der Waals surface area contributed by atoms with Crippen molar-refractivity contribution in [3.63, 3.8) is 0 Å². The summed E-state index contributed by atoms with van der Waals surface area (Å²) >= 11 is 0. The summed E-state index contributed by atoms with van der Waals surface area (Å²) < 4.78 is 32.6. The summed E-state index contributed by atoms with van der Waals surface area (Å²) in [4.78, 5) is 27.5. The fourth-order valence-electron chi connectivity index (χ4n) is 2.60. The van der Waals surface area contributed by atoms with Crippen LogP contribution in [-0.2, 0) is 37.3 Å². The van der Waals surface area contributed by atoms with Crippen LogP contribution >= 0.6 is 0 Å². The number of nitrogens with zero attached hydrogens (tertiary/aromatic N) is 3. The molecular formula is C17H24N4O5S. The first-order valence-corrected chi connectivity index (χ1v) is 9.92. The van der Waals surface area contributed by atoms with Gasteiger partial charge in [-0.3, -0.25) is 9.59 Å². The molecule has 148 valence electrons. The average molecular weight is 396 g/mol. The second kappa shape index (κ2) is 8.05. The van der Waals surface area contributed by atoms with Crippen LogP contribution in [0, 0.1) is 0 Å². The van der Waals surface area contributed by atoms with Crippen LogP contribution in [0.25, 0.3) is 11.0 Å². The summed E-state index contributed by atoms with van der Waals surface area (Å²) in [6.45, 7) is 3.95. The highest BCUT2D eigenvalue weighted by Gasteiger charge is 2.20. The van der Waals surface area contributed by atoms with Gasteiger partial charge in [0.25, 0.3) is 5.91 Å². The van der Waals surface area contributed by atoms with E-state index in [9.17, 15) is 18.0 Å². The molecule has 27 heavy (non-hydrogen) atoms. The van der Waals surface area contributed by atoms with E-state index in [0.29, 0.717) is 24.3 Å². The second-order valence-electron chi connectivity index (χ2n) is 6.24. The number of carbonyl (C=O) groups excluding carboxylic acids is 2. The number of imidazole rings is 1. The SMILES string of the molecule is CCn1c(CCC(=O)O[C@H](C)C(N)=O)nc2cc(S(=O)(=O)N(C)C)ccc21. The number of esters is 1. The van der Waals surface area contributed by atoms with E-state index >= 15 is 0 Å². The number of hydrogen-bond acceptors (Lipinski definition) is 6. The van der Waals surface area contributed by atoms with Gasteiger partial charge in [-0.2, -0.15) is 0 Å². The molecule has 0 saturated carbocycles. The maximum absolute atomic E-state index is 12.3. The number of ether oxygens (including phenoxy) is 1. The third kappa shape index (κ3) is 4.45. The lowest BCUT2D eigenvalue weighted by atomic mass is 10.3. The van der Waals surface area contributed by atoms with Gasteiger partial charge < -0.3 is 15.0 Å². The Kier molecular flexibility index (Phi) is 6.22. The summed E-state index contributed by atoms with van der Waals surface area (Å²) in [6, 6.07) is 4.77. The number of hydrogen-bond donors (Lipinski definition) is 1. The van der Waals surface area contributed by atoms with Crippen molar-refractivity contribution in [3.05, 3.63) is 24.0 Å². The number of amides is 1. The number of fused-ring (bicyclic) bond motifs is 1. The van der Waals surface area contributed by atoms with Crippen molar-refractivity contribution in [2.75, 3.05) is 14.1 Å². The molecule has 1 heterocycles. The van der Waals surface area contributed by atoms with Crippen molar-refractivity contribution in [2.24, 2.45) is 5.73 Å². The van der Waals surface area contributed by atoms with E-state index in [0.717, 1.165) is 9.82 Å². The molecule has 1 aromatic heterocycles. The maximum atomic E-state index is 12.3. The van der Waals surface area contributed by atoms with Gasteiger partial charge in [0.1, 0.15) is 5.82 Å². The Morgan fingerprint density at radius 1 is 1.33 bits per heavy atom. The molecule has 0 aliphatic rings. The summed E-state index contributed by atoms with van der Waals surface area (Å²) in [6.07, 6.45) is -0.659. The van der Waals surface area contributed by atoms with Crippen molar-refractivity contribution in [3.8, 4) is 0 Å². The van der Waals surface area contributed by atoms with E-state index in [2.05, 4.69) is 4.98 Å². The van der Waals surface area contributed by atoms with Crippen LogP contribution < -0.4 is 5.73 Å². The van der Waals surface area contributed by atoms with Crippen molar-refractivity contribution in [1.82, 2.24) is 13.9 Å². The topological polar surface area (TPSA) is 125 Å². The minimum absolute atomic E-state index is 0.0315. The van der Waals surface area contributed by atoms with Crippen LogP contribution in [0.15, 0.2) is 23.1 Å². The van der Waals surface area contributed by atoms with Gasteiger partial charge in [0.15, 0.2) is 6.10 Å². The van der Waals surface area contributed by atoms with Crippen molar-refractivity contribution in [2.45, 2.75) is 44.2 Å². The predicted octanol–water partition coefficient (Wildman–Crippen LogP) is 0.656. The molecular weight excluding hydrogens is 372 g/mol. The molecule has 0 aliphatic carbocycles. The van der Waals surface area contributed by atoms with Crippen molar-refractivity contribution < 1.29 is 22.7 Å². The second-order valence-corrected chi connectivity index (χ2v) is 8.40. The Labute approximate surface area is 158 Å². The number of rotatable bonds is 8. The van der Waals surface area contributed by atoms with E-state index in [1.54, 1.807) is 6.07 Å². The lowest BCUT2D eigenvalue weighted by Gasteiger charge is -2.11. The quantitative estimate of drug-likeness (QED) is 0.654. The highest BCUT2D eigenvalue weighted by atomic mass is 32.2. The van der Waals surface area contributed by atoms with Gasteiger partial charge in [-0.05, 0) is 32.0 Å². The van der Waals surface area contributed by atoms with E-state index in [4.69, 9.17) is 10.5 Å². The fourth-order valence-corrected chi connectivity index (χ4v) is 3.52. The van der Waals surface area contributed by atoms with Crippen molar-refractivity contribution in [1.29, 1.82) is 0 Å². The molecule has 0 radical (unpaired) electrons. The van der Waals surface area contributed by atoms with Gasteiger partial charge in [-0.1, -0.05) is 0 Å². The monoisotopic (exact) mass is 396 g/mol. The number of aryl methyl sites for hydroxylation is 2. The number of primary amides is 1. The average Bonchev–Trinajstić information content (AvgIpc) is 2.96. The van der Waals surface area contributed by atoms with Crippen molar-refractivity contribution >= 4 is 32.9 Å². The van der Waals surface area contributed by atoms with Gasteiger partial charge in [0.2, 0.25) is 10.0 Å². The Hall–Kier alpha value is -2.46. The number of benzene rings is 1. The molecule has 0 fully saturated rings. The molecule has 1 aromatic carbocycles. The molecule has 1 atom stereocenters. The molecule has 0 spiro atoms. The number of carbonyl (C=O) groups is 2. The largest absolute Gasteiger partial charge is 0.453 e. The van der Waals surface area contributed by atoms with E-state index in [1.807, 2.05) is 11.5 Å². The molecule has 0 saturated heterocycles. The molecule has 2 N–H and O–H groups in total. The zero-order chi connectivity index (χ0) is 20.4. The first-order valence-electron chi connectivity index (χ1n) is 8.48. The molecule has 0 aliphatic heterocycles. The smallest absolute Gasteiger partial charge is 0.307 e. The summed E-state index contributed by atoms with van der Waals surface area (Å²) in [5.41, 5.74) is 6.39. The molecule has 2 rings (SSSR count). The van der Waals surface area contributed by atoms with E-state index < -0.39 is 28.0 Å². The Morgan fingerprint density at radius 2 is 2.00 bits per heavy atom. The lowest BCUT2D eigenvalue weighted by molar-refractivity contribution is -0.153. The van der Waals surface area contributed by atoms with E-state index in [1.165, 1.54) is 33.2 Å². The van der Waals surface area contributed by atoms with Gasteiger partial charge in [0.05, 0.1) is 22.3 Å². The van der Waals surface area contributed by atoms with Gasteiger partial charge in [-0.15, -0.1) is 0 Å². The zero-order valence-electron chi connectivity index (χ0n) is 15.8. The van der Waals surface area contributed by atoms with Crippen LogP contribution in [-0.4, -0.2) is 54.3 Å². The Morgan fingerprint density at radius 3 is 2.56 bits per heavy atom. The number of aromatic nitrogens is 2. The molecule has 9 nitrogen and oxygen atoms in total. The predicted molar refractivity (Wildman–Crippen MR) is 99.3 cm³/mol. The molecule has 0 unspecified atom stereocenters. The standard InChI is InChI=1S/C17H24N4O5S/c1-5-21-14-7-6-12(27(24,25)20(3)4)10-13(14)19-15(21)8-9-16(22)26-11(2)17(18)23/h6-7,10-11H,5,8-9H2,1-4H3,(H2,18,23)/t11-/m1/s1.